The molecule has 5 rings (SSSR count). The Morgan fingerprint density at radius 1 is 1.09 bits per heavy atom. The summed E-state index contributed by atoms with van der Waals surface area (Å²) in [6.45, 7) is 0.508. The summed E-state index contributed by atoms with van der Waals surface area (Å²) in [5.41, 5.74) is 2.83. The summed E-state index contributed by atoms with van der Waals surface area (Å²) >= 11 is 0. The maximum Gasteiger partial charge on any atom is 0.286 e. The number of anilines is 4. The second-order valence-electron chi connectivity index (χ2n) is 7.06. The number of hydrogen-bond acceptors (Lipinski definition) is 8. The van der Waals surface area contributed by atoms with Gasteiger partial charge in [-0.3, -0.25) is 4.79 Å². The molecule has 1 aliphatic heterocycles. The van der Waals surface area contributed by atoms with Gasteiger partial charge in [0, 0.05) is 41.9 Å². The summed E-state index contributed by atoms with van der Waals surface area (Å²) < 4.78 is 19.9. The van der Waals surface area contributed by atoms with E-state index in [1.54, 1.807) is 30.3 Å². The van der Waals surface area contributed by atoms with Crippen molar-refractivity contribution in [1.82, 2.24) is 15.3 Å². The number of aromatic nitrogens is 2. The van der Waals surface area contributed by atoms with Gasteiger partial charge in [0.05, 0.1) is 12.8 Å². The highest BCUT2D eigenvalue weighted by molar-refractivity contribution is 5.96. The first-order valence-electron chi connectivity index (χ1n) is 9.84. The number of hydrogen-bond donors (Lipinski definition) is 3. The average Bonchev–Trinajstić information content (AvgIpc) is 3.24. The fourth-order valence-corrected chi connectivity index (χ4v) is 3.31. The number of benzene rings is 2. The molecule has 0 bridgehead atoms. The monoisotopic (exact) mass is 435 g/mol. The van der Waals surface area contributed by atoms with Crippen molar-refractivity contribution in [3.05, 3.63) is 65.8 Å². The second kappa shape index (κ2) is 8.16. The van der Waals surface area contributed by atoms with Crippen molar-refractivity contribution >= 4 is 40.0 Å². The van der Waals surface area contributed by atoms with Crippen LogP contribution in [-0.4, -0.2) is 29.5 Å². The normalized spacial score (nSPS) is 12.7. The molecule has 3 N–H and O–H groups in total. The Morgan fingerprint density at radius 3 is 2.81 bits per heavy atom. The summed E-state index contributed by atoms with van der Waals surface area (Å²) in [4.78, 5) is 30.2. The third-order valence-corrected chi connectivity index (χ3v) is 4.90. The Labute approximate surface area is 181 Å². The fraction of sp³-hybridized carbons (Fsp3) is 0.136. The summed E-state index contributed by atoms with van der Waals surface area (Å²) in [6, 6.07) is 12.3. The van der Waals surface area contributed by atoms with E-state index in [-0.39, 0.29) is 23.4 Å². The number of carbonyl (C=O) groups excluding carboxylic acids is 1. The van der Waals surface area contributed by atoms with Gasteiger partial charge in [0.1, 0.15) is 5.58 Å². The minimum absolute atomic E-state index is 0.00517. The van der Waals surface area contributed by atoms with Gasteiger partial charge in [-0.2, -0.15) is 9.87 Å². The molecule has 0 spiro atoms. The third-order valence-electron chi connectivity index (χ3n) is 4.90. The van der Waals surface area contributed by atoms with Gasteiger partial charge >= 0.3 is 0 Å². The Morgan fingerprint density at radius 2 is 1.94 bits per heavy atom. The number of nitrogens with one attached hydrogen (secondary N) is 3. The minimum atomic E-state index is -0.615. The molecule has 10 heteroatoms. The molecule has 2 aromatic carbocycles. The van der Waals surface area contributed by atoms with Gasteiger partial charge in [-0.25, -0.2) is 9.37 Å². The summed E-state index contributed by atoms with van der Waals surface area (Å²) in [5.74, 6) is 0.0692. The number of halogens is 1. The van der Waals surface area contributed by atoms with E-state index in [0.717, 1.165) is 18.2 Å². The first-order chi connectivity index (χ1) is 15.6. The molecular formula is C22H18FN5O4. The van der Waals surface area contributed by atoms with Crippen LogP contribution in [0.2, 0.25) is 0 Å². The van der Waals surface area contributed by atoms with E-state index in [0.29, 0.717) is 34.7 Å². The van der Waals surface area contributed by atoms with Crippen LogP contribution >= 0.6 is 0 Å². The van der Waals surface area contributed by atoms with E-state index in [1.807, 2.05) is 12.1 Å². The largest absolute Gasteiger partial charge is 0.451 e. The molecule has 32 heavy (non-hydrogen) atoms. The highest BCUT2D eigenvalue weighted by Crippen LogP contribution is 2.29. The van der Waals surface area contributed by atoms with Crippen LogP contribution < -0.4 is 20.8 Å². The maximum atomic E-state index is 14.4. The van der Waals surface area contributed by atoms with Gasteiger partial charge in [-0.1, -0.05) is 6.07 Å². The maximum absolute atomic E-state index is 14.4. The molecule has 0 fully saturated rings. The van der Waals surface area contributed by atoms with Crippen molar-refractivity contribution in [3.63, 3.8) is 0 Å². The molecule has 3 heterocycles. The van der Waals surface area contributed by atoms with Gasteiger partial charge in [0.25, 0.3) is 5.91 Å². The highest BCUT2D eigenvalue weighted by Gasteiger charge is 2.14. The summed E-state index contributed by atoms with van der Waals surface area (Å²) in [5, 5.41) is 9.18. The SMILES string of the molecule is CNC(=O)c1cc2cc(Nc3nc(Nc4ccc5c(c4)OOCC5)ncc3F)ccc2o1. The predicted molar refractivity (Wildman–Crippen MR) is 115 cm³/mol. The van der Waals surface area contributed by atoms with Gasteiger partial charge in [-0.15, -0.1) is 0 Å². The number of nitrogens with zero attached hydrogens (tertiary/aromatic N) is 2. The first-order valence-corrected chi connectivity index (χ1v) is 9.84. The van der Waals surface area contributed by atoms with E-state index < -0.39 is 5.82 Å². The molecule has 1 aliphatic rings. The van der Waals surface area contributed by atoms with E-state index in [2.05, 4.69) is 25.9 Å². The molecule has 0 radical (unpaired) electrons. The van der Waals surface area contributed by atoms with Crippen molar-refractivity contribution in [1.29, 1.82) is 0 Å². The van der Waals surface area contributed by atoms with Crippen LogP contribution in [0.25, 0.3) is 11.0 Å². The lowest BCUT2D eigenvalue weighted by Gasteiger charge is -2.16. The Balaban J connectivity index is 1.37. The molecule has 0 aliphatic carbocycles. The number of carbonyl (C=O) groups is 1. The Kier molecular flexibility index (Phi) is 5.04. The van der Waals surface area contributed by atoms with Crippen LogP contribution in [0, 0.1) is 5.82 Å². The van der Waals surface area contributed by atoms with E-state index in [4.69, 9.17) is 14.2 Å². The number of rotatable bonds is 5. The Hall–Kier alpha value is -4.18. The number of fused-ring (bicyclic) bond motifs is 2. The predicted octanol–water partition coefficient (Wildman–Crippen LogP) is 4.08. The molecule has 0 atom stereocenters. The molecule has 9 nitrogen and oxygen atoms in total. The van der Waals surface area contributed by atoms with Crippen LogP contribution in [0.3, 0.4) is 0 Å². The average molecular weight is 435 g/mol. The molecule has 4 aromatic rings. The van der Waals surface area contributed by atoms with Gasteiger partial charge in [-0.05, 0) is 30.3 Å². The topological polar surface area (TPSA) is 111 Å². The summed E-state index contributed by atoms with van der Waals surface area (Å²) in [6.07, 6.45) is 1.85. The lowest BCUT2D eigenvalue weighted by Crippen LogP contribution is -2.16. The van der Waals surface area contributed by atoms with Crippen LogP contribution in [0.4, 0.5) is 27.5 Å². The zero-order valence-electron chi connectivity index (χ0n) is 16.9. The van der Waals surface area contributed by atoms with E-state index >= 15 is 0 Å². The van der Waals surface area contributed by atoms with Crippen LogP contribution in [0.15, 0.2) is 53.1 Å². The smallest absolute Gasteiger partial charge is 0.286 e. The van der Waals surface area contributed by atoms with E-state index in [9.17, 15) is 9.18 Å². The quantitative estimate of drug-likeness (QED) is 0.402. The molecule has 0 saturated heterocycles. The lowest BCUT2D eigenvalue weighted by atomic mass is 10.1. The van der Waals surface area contributed by atoms with Crippen molar-refractivity contribution in [3.8, 4) is 5.75 Å². The Bertz CT molecular complexity index is 1320. The number of amides is 1. The minimum Gasteiger partial charge on any atom is -0.451 e. The summed E-state index contributed by atoms with van der Waals surface area (Å²) in [7, 11) is 1.52. The van der Waals surface area contributed by atoms with Gasteiger partial charge < -0.3 is 25.3 Å². The van der Waals surface area contributed by atoms with Crippen LogP contribution in [-0.2, 0) is 11.3 Å². The lowest BCUT2D eigenvalue weighted by molar-refractivity contribution is -0.215. The second-order valence-corrected chi connectivity index (χ2v) is 7.06. The molecule has 1 amide bonds. The molecule has 162 valence electrons. The third kappa shape index (κ3) is 3.91. The fourth-order valence-electron chi connectivity index (χ4n) is 3.31. The molecule has 0 saturated carbocycles. The van der Waals surface area contributed by atoms with E-state index in [1.165, 1.54) is 7.05 Å². The molecular weight excluding hydrogens is 417 g/mol. The zero-order chi connectivity index (χ0) is 22.1. The van der Waals surface area contributed by atoms with Crippen molar-refractivity contribution in [2.24, 2.45) is 0 Å². The standard InChI is InChI=1S/C22H18FN5O4/c1-24-21(29)19-9-13-8-14(4-5-17(13)31-19)26-20-16(23)11-25-22(28-20)27-15-3-2-12-6-7-30-32-18(12)10-15/h2-5,8-11H,6-7H2,1H3,(H,24,29)(H2,25,26,27,28). The van der Waals surface area contributed by atoms with Crippen LogP contribution in [0.5, 0.6) is 5.75 Å². The number of furan rings is 1. The first kappa shape index (κ1) is 19.8. The molecule has 0 unspecified atom stereocenters. The van der Waals surface area contributed by atoms with Crippen molar-refractivity contribution in [2.75, 3.05) is 24.3 Å². The van der Waals surface area contributed by atoms with Crippen molar-refractivity contribution in [2.45, 2.75) is 6.42 Å². The van der Waals surface area contributed by atoms with Gasteiger partial charge in [0.2, 0.25) is 5.95 Å². The zero-order valence-corrected chi connectivity index (χ0v) is 16.9. The molecule has 2 aromatic heterocycles. The van der Waals surface area contributed by atoms with Crippen molar-refractivity contribution < 1.29 is 23.4 Å². The van der Waals surface area contributed by atoms with Gasteiger partial charge in [0.15, 0.2) is 23.1 Å². The highest BCUT2D eigenvalue weighted by atomic mass is 19.1. The van der Waals surface area contributed by atoms with Crippen LogP contribution in [0.1, 0.15) is 16.1 Å².